The zero-order valence-electron chi connectivity index (χ0n) is 15.5. The SMILES string of the molecule is CC(C)(C)OC=O.COC(=O)c1csc(C(=O)C2CCNCC2)c1C. The van der Waals surface area contributed by atoms with Crippen molar-refractivity contribution in [3.63, 3.8) is 0 Å². The van der Waals surface area contributed by atoms with Gasteiger partial charge in [-0.25, -0.2) is 4.79 Å². The lowest BCUT2D eigenvalue weighted by molar-refractivity contribution is -0.138. The van der Waals surface area contributed by atoms with Crippen LogP contribution in [0.1, 0.15) is 59.2 Å². The molecule has 0 aliphatic carbocycles. The van der Waals surface area contributed by atoms with Gasteiger partial charge in [-0.2, -0.15) is 0 Å². The van der Waals surface area contributed by atoms with Crippen LogP contribution >= 0.6 is 11.3 Å². The summed E-state index contributed by atoms with van der Waals surface area (Å²) in [7, 11) is 1.35. The Kier molecular flexibility index (Phi) is 8.25. The van der Waals surface area contributed by atoms with Crippen molar-refractivity contribution in [2.24, 2.45) is 5.92 Å². The molecule has 0 unspecified atom stereocenters. The fraction of sp³-hybridized carbons (Fsp3) is 0.611. The zero-order chi connectivity index (χ0) is 19.0. The third-order valence-electron chi connectivity index (χ3n) is 3.78. The molecule has 1 fully saturated rings. The Morgan fingerprint density at radius 3 is 2.32 bits per heavy atom. The molecule has 1 aromatic heterocycles. The Bertz CT molecular complexity index is 597. The summed E-state index contributed by atoms with van der Waals surface area (Å²) in [6.07, 6.45) is 1.76. The normalized spacial score (nSPS) is 14.9. The van der Waals surface area contributed by atoms with Crippen molar-refractivity contribution in [2.45, 2.75) is 46.1 Å². The molecular weight excluding hydrogens is 342 g/mol. The van der Waals surface area contributed by atoms with E-state index in [4.69, 9.17) is 4.74 Å². The van der Waals surface area contributed by atoms with Crippen LogP contribution in [0.15, 0.2) is 5.38 Å². The first kappa shape index (κ1) is 21.3. The molecule has 2 rings (SSSR count). The Labute approximate surface area is 152 Å². The number of thiophene rings is 1. The molecule has 1 aromatic rings. The number of piperidine rings is 1. The van der Waals surface area contributed by atoms with Crippen LogP contribution in [0.2, 0.25) is 0 Å². The van der Waals surface area contributed by atoms with E-state index in [-0.39, 0.29) is 23.3 Å². The first-order valence-corrected chi connectivity index (χ1v) is 9.12. The van der Waals surface area contributed by atoms with E-state index < -0.39 is 0 Å². The van der Waals surface area contributed by atoms with Crippen molar-refractivity contribution < 1.29 is 23.9 Å². The number of rotatable bonds is 4. The number of carbonyl (C=O) groups is 3. The van der Waals surface area contributed by atoms with E-state index in [2.05, 4.69) is 10.1 Å². The molecule has 0 atom stereocenters. The van der Waals surface area contributed by atoms with Crippen LogP contribution in [0.3, 0.4) is 0 Å². The molecule has 0 radical (unpaired) electrons. The van der Waals surface area contributed by atoms with Gasteiger partial charge in [-0.15, -0.1) is 11.3 Å². The van der Waals surface area contributed by atoms with Crippen LogP contribution in [0.5, 0.6) is 0 Å². The lowest BCUT2D eigenvalue weighted by Gasteiger charge is -2.21. The molecule has 1 aliphatic rings. The summed E-state index contributed by atoms with van der Waals surface area (Å²) in [5, 5.41) is 4.96. The number of hydrogen-bond donors (Lipinski definition) is 1. The van der Waals surface area contributed by atoms with Crippen molar-refractivity contribution in [3.8, 4) is 0 Å². The summed E-state index contributed by atoms with van der Waals surface area (Å²) in [6.45, 7) is 9.52. The molecular formula is C18H27NO5S. The number of methoxy groups -OCH3 is 1. The highest BCUT2D eigenvalue weighted by Gasteiger charge is 2.26. The quantitative estimate of drug-likeness (QED) is 0.499. The van der Waals surface area contributed by atoms with Gasteiger partial charge < -0.3 is 14.8 Å². The van der Waals surface area contributed by atoms with E-state index in [9.17, 15) is 14.4 Å². The summed E-state index contributed by atoms with van der Waals surface area (Å²) in [6, 6.07) is 0. The highest BCUT2D eigenvalue weighted by atomic mass is 32.1. The number of ketones is 1. The van der Waals surface area contributed by atoms with E-state index in [0.29, 0.717) is 16.9 Å². The molecule has 140 valence electrons. The number of ether oxygens (including phenoxy) is 2. The highest BCUT2D eigenvalue weighted by molar-refractivity contribution is 7.12. The minimum atomic E-state index is -0.367. The maximum Gasteiger partial charge on any atom is 0.338 e. The average Bonchev–Trinajstić information content (AvgIpc) is 2.95. The second-order valence-corrected chi connectivity index (χ2v) is 7.69. The lowest BCUT2D eigenvalue weighted by Crippen LogP contribution is -2.31. The van der Waals surface area contributed by atoms with E-state index >= 15 is 0 Å². The molecule has 0 saturated carbocycles. The molecule has 0 aromatic carbocycles. The molecule has 2 heterocycles. The third kappa shape index (κ3) is 6.59. The van der Waals surface area contributed by atoms with Gasteiger partial charge in [0.15, 0.2) is 5.78 Å². The second-order valence-electron chi connectivity index (χ2n) is 6.81. The Morgan fingerprint density at radius 2 is 1.88 bits per heavy atom. The van der Waals surface area contributed by atoms with Crippen molar-refractivity contribution in [1.29, 1.82) is 0 Å². The molecule has 0 spiro atoms. The molecule has 1 N–H and O–H groups in total. The molecule has 25 heavy (non-hydrogen) atoms. The summed E-state index contributed by atoms with van der Waals surface area (Å²) in [5.74, 6) is -0.101. The van der Waals surface area contributed by atoms with Gasteiger partial charge in [-0.05, 0) is 59.2 Å². The summed E-state index contributed by atoms with van der Waals surface area (Å²) in [4.78, 5) is 34.2. The van der Waals surface area contributed by atoms with Crippen LogP contribution in [0, 0.1) is 12.8 Å². The highest BCUT2D eigenvalue weighted by Crippen LogP contribution is 2.28. The van der Waals surface area contributed by atoms with Gasteiger partial charge in [-0.1, -0.05) is 0 Å². The maximum atomic E-state index is 12.4. The summed E-state index contributed by atoms with van der Waals surface area (Å²) in [5.41, 5.74) is 0.956. The monoisotopic (exact) mass is 369 g/mol. The van der Waals surface area contributed by atoms with Crippen LogP contribution in [-0.4, -0.2) is 44.0 Å². The van der Waals surface area contributed by atoms with Crippen molar-refractivity contribution in [2.75, 3.05) is 20.2 Å². The van der Waals surface area contributed by atoms with Gasteiger partial charge in [0.25, 0.3) is 6.47 Å². The van der Waals surface area contributed by atoms with Crippen molar-refractivity contribution in [3.05, 3.63) is 21.4 Å². The van der Waals surface area contributed by atoms with Crippen molar-refractivity contribution >= 4 is 29.6 Å². The summed E-state index contributed by atoms with van der Waals surface area (Å²) >= 11 is 1.35. The Morgan fingerprint density at radius 1 is 1.28 bits per heavy atom. The van der Waals surface area contributed by atoms with E-state index in [1.165, 1.54) is 18.4 Å². The van der Waals surface area contributed by atoms with E-state index in [0.717, 1.165) is 31.5 Å². The maximum absolute atomic E-state index is 12.4. The van der Waals surface area contributed by atoms with Gasteiger partial charge in [0.05, 0.1) is 17.6 Å². The van der Waals surface area contributed by atoms with E-state index in [1.54, 1.807) is 5.38 Å². The van der Waals surface area contributed by atoms with Gasteiger partial charge >= 0.3 is 5.97 Å². The predicted molar refractivity (Wildman–Crippen MR) is 97.2 cm³/mol. The second kappa shape index (κ2) is 9.68. The molecule has 0 amide bonds. The topological polar surface area (TPSA) is 81.7 Å². The van der Waals surface area contributed by atoms with Crippen LogP contribution in [-0.2, 0) is 14.3 Å². The number of Topliss-reactive ketones (excluding diaryl/α,β-unsaturated/α-hetero) is 1. The molecule has 1 saturated heterocycles. The minimum Gasteiger partial charge on any atom is -0.465 e. The summed E-state index contributed by atoms with van der Waals surface area (Å²) < 4.78 is 9.25. The van der Waals surface area contributed by atoms with E-state index in [1.807, 2.05) is 27.7 Å². The van der Waals surface area contributed by atoms with Gasteiger partial charge in [-0.3, -0.25) is 9.59 Å². The number of nitrogens with one attached hydrogen (secondary N) is 1. The van der Waals surface area contributed by atoms with Crippen LogP contribution in [0.25, 0.3) is 0 Å². The lowest BCUT2D eigenvalue weighted by atomic mass is 9.91. The smallest absolute Gasteiger partial charge is 0.338 e. The molecule has 0 bridgehead atoms. The third-order valence-corrected chi connectivity index (χ3v) is 4.88. The molecule has 1 aliphatic heterocycles. The van der Waals surface area contributed by atoms with Gasteiger partial charge in [0, 0.05) is 11.3 Å². The number of hydrogen-bond acceptors (Lipinski definition) is 7. The first-order valence-electron chi connectivity index (χ1n) is 8.24. The standard InChI is InChI=1S/C13H17NO3S.C5H10O2/c1-8-10(13(16)17-2)7-18-12(8)11(15)9-3-5-14-6-4-9;1-5(2,3)7-4-6/h7,9,14H,3-6H2,1-2H3;4H,1-3H3. The van der Waals surface area contributed by atoms with Gasteiger partial charge in [0.1, 0.15) is 5.60 Å². The molecule has 6 nitrogen and oxygen atoms in total. The number of carbonyl (C=O) groups excluding carboxylic acids is 3. The first-order chi connectivity index (χ1) is 11.7. The fourth-order valence-electron chi connectivity index (χ4n) is 2.38. The Balaban J connectivity index is 0.000000381. The average molecular weight is 369 g/mol. The van der Waals surface area contributed by atoms with Crippen molar-refractivity contribution in [1.82, 2.24) is 5.32 Å². The zero-order valence-corrected chi connectivity index (χ0v) is 16.3. The fourth-order valence-corrected chi connectivity index (χ4v) is 3.46. The van der Waals surface area contributed by atoms with Crippen LogP contribution < -0.4 is 5.32 Å². The van der Waals surface area contributed by atoms with Gasteiger partial charge in [0.2, 0.25) is 0 Å². The van der Waals surface area contributed by atoms with Crippen LogP contribution in [0.4, 0.5) is 0 Å². The number of esters is 1. The molecule has 7 heteroatoms. The minimum absolute atomic E-state index is 0.0918. The largest absolute Gasteiger partial charge is 0.465 e. The predicted octanol–water partition coefficient (Wildman–Crippen LogP) is 2.98. The Hall–Kier alpha value is -1.73.